The van der Waals surface area contributed by atoms with Gasteiger partial charge in [0.25, 0.3) is 0 Å². The number of nitrogens with zero attached hydrogens (tertiary/aromatic N) is 5. The van der Waals surface area contributed by atoms with Gasteiger partial charge in [-0.2, -0.15) is 5.26 Å². The molecule has 130 valence electrons. The number of hydrogen-bond acceptors (Lipinski definition) is 4. The zero-order valence-corrected chi connectivity index (χ0v) is 14.9. The van der Waals surface area contributed by atoms with Crippen molar-refractivity contribution >= 4 is 17.3 Å². The second-order valence-corrected chi connectivity index (χ2v) is 6.64. The second kappa shape index (κ2) is 7.01. The second-order valence-electron chi connectivity index (χ2n) is 6.64. The maximum Gasteiger partial charge on any atom is 0.174 e. The van der Waals surface area contributed by atoms with Crippen molar-refractivity contribution in [1.29, 1.82) is 5.26 Å². The van der Waals surface area contributed by atoms with Crippen molar-refractivity contribution in [3.8, 4) is 6.07 Å². The molecule has 0 N–H and O–H groups in total. The van der Waals surface area contributed by atoms with Gasteiger partial charge in [0.1, 0.15) is 11.9 Å². The van der Waals surface area contributed by atoms with Gasteiger partial charge in [0, 0.05) is 31.4 Å². The molecule has 5 heteroatoms. The van der Waals surface area contributed by atoms with E-state index in [4.69, 9.17) is 0 Å². The lowest BCUT2D eigenvalue weighted by molar-refractivity contribution is 0.627. The Labute approximate surface area is 153 Å². The molecule has 2 aliphatic rings. The van der Waals surface area contributed by atoms with Crippen molar-refractivity contribution in [2.75, 3.05) is 11.9 Å². The topological polar surface area (TPSA) is 57.7 Å². The van der Waals surface area contributed by atoms with E-state index in [2.05, 4.69) is 50.0 Å². The first kappa shape index (κ1) is 16.3. The van der Waals surface area contributed by atoms with Crippen LogP contribution in [0, 0.1) is 11.3 Å². The number of para-hydroxylation sites is 1. The third-order valence-corrected chi connectivity index (χ3v) is 5.01. The zero-order chi connectivity index (χ0) is 17.9. The smallest absolute Gasteiger partial charge is 0.174 e. The van der Waals surface area contributed by atoms with Gasteiger partial charge in [-0.3, -0.25) is 0 Å². The number of aromatic nitrogens is 3. The quantitative estimate of drug-likeness (QED) is 0.775. The first-order chi connectivity index (χ1) is 12.8. The van der Waals surface area contributed by atoms with Crippen molar-refractivity contribution in [1.82, 2.24) is 14.8 Å². The summed E-state index contributed by atoms with van der Waals surface area (Å²) in [5.41, 5.74) is 3.94. The Morgan fingerprint density at radius 3 is 2.92 bits per heavy atom. The lowest BCUT2D eigenvalue weighted by Gasteiger charge is -2.26. The van der Waals surface area contributed by atoms with E-state index in [-0.39, 0.29) is 0 Å². The molecule has 0 unspecified atom stereocenters. The Bertz CT molecular complexity index is 955. The Hall–Kier alpha value is -3.13. The summed E-state index contributed by atoms with van der Waals surface area (Å²) in [5, 5.41) is 18.3. The predicted molar refractivity (Wildman–Crippen MR) is 103 cm³/mol. The van der Waals surface area contributed by atoms with Crippen LogP contribution in [0.15, 0.2) is 48.2 Å². The molecule has 2 aromatic rings. The predicted octanol–water partition coefficient (Wildman–Crippen LogP) is 3.96. The standard InChI is InChI=1S/C21H21N5/c1-25-18(12-10-16-7-4-5-8-19(16)25)13-11-17(15-22)21-24-23-20-9-3-2-6-14-26(20)21/h4-5,7-8,10-13H,2-3,6,9,14H2,1H3/b17-11-,18-13?. The molecule has 0 spiro atoms. The van der Waals surface area contributed by atoms with E-state index in [0.717, 1.165) is 43.0 Å². The zero-order valence-electron chi connectivity index (χ0n) is 14.9. The van der Waals surface area contributed by atoms with Gasteiger partial charge in [0.05, 0.1) is 5.57 Å². The average Bonchev–Trinajstić information content (AvgIpc) is 2.92. The fraction of sp³-hybridized carbons (Fsp3) is 0.286. The van der Waals surface area contributed by atoms with Gasteiger partial charge >= 0.3 is 0 Å². The number of fused-ring (bicyclic) bond motifs is 2. The van der Waals surface area contributed by atoms with E-state index in [1.807, 2.05) is 31.3 Å². The van der Waals surface area contributed by atoms with Gasteiger partial charge in [0.2, 0.25) is 0 Å². The summed E-state index contributed by atoms with van der Waals surface area (Å²) in [4.78, 5) is 2.13. The van der Waals surface area contributed by atoms with Gasteiger partial charge in [-0.1, -0.05) is 30.7 Å². The lowest BCUT2D eigenvalue weighted by atomic mass is 10.1. The number of nitriles is 1. The van der Waals surface area contributed by atoms with Crippen LogP contribution in [0.3, 0.4) is 0 Å². The molecule has 2 aliphatic heterocycles. The highest BCUT2D eigenvalue weighted by molar-refractivity contribution is 5.78. The fourth-order valence-corrected chi connectivity index (χ4v) is 3.54. The van der Waals surface area contributed by atoms with Crippen LogP contribution in [0.4, 0.5) is 5.69 Å². The largest absolute Gasteiger partial charge is 0.344 e. The summed E-state index contributed by atoms with van der Waals surface area (Å²) >= 11 is 0. The van der Waals surface area contributed by atoms with Crippen molar-refractivity contribution in [2.45, 2.75) is 32.2 Å². The highest BCUT2D eigenvalue weighted by Crippen LogP contribution is 2.29. The molecule has 0 amide bonds. The molecule has 5 nitrogen and oxygen atoms in total. The maximum atomic E-state index is 9.66. The highest BCUT2D eigenvalue weighted by atomic mass is 15.3. The van der Waals surface area contributed by atoms with Crippen molar-refractivity contribution in [2.24, 2.45) is 0 Å². The van der Waals surface area contributed by atoms with E-state index in [1.54, 1.807) is 0 Å². The molecule has 0 bridgehead atoms. The number of aryl methyl sites for hydroxylation is 1. The van der Waals surface area contributed by atoms with Crippen molar-refractivity contribution in [3.05, 3.63) is 65.4 Å². The normalized spacial score (nSPS) is 18.2. The minimum atomic E-state index is 0.554. The molecular formula is C21H21N5. The summed E-state index contributed by atoms with van der Waals surface area (Å²) in [6, 6.07) is 10.6. The van der Waals surface area contributed by atoms with E-state index in [1.165, 1.54) is 12.0 Å². The number of hydrogen-bond donors (Lipinski definition) is 0. The number of likely N-dealkylation sites (N-methyl/N-ethyl adjacent to an activating group) is 1. The van der Waals surface area contributed by atoms with Crippen molar-refractivity contribution < 1.29 is 0 Å². The van der Waals surface area contributed by atoms with Crippen molar-refractivity contribution in [3.63, 3.8) is 0 Å². The molecule has 0 saturated heterocycles. The van der Waals surface area contributed by atoms with E-state index in [9.17, 15) is 5.26 Å². The van der Waals surface area contributed by atoms with Crippen LogP contribution < -0.4 is 4.90 Å². The Balaban J connectivity index is 1.67. The van der Waals surface area contributed by atoms with Gasteiger partial charge < -0.3 is 9.47 Å². The van der Waals surface area contributed by atoms with E-state index >= 15 is 0 Å². The summed E-state index contributed by atoms with van der Waals surface area (Å²) in [6.45, 7) is 0.889. The van der Waals surface area contributed by atoms with Gasteiger partial charge in [-0.05, 0) is 42.7 Å². The molecule has 0 saturated carbocycles. The summed E-state index contributed by atoms with van der Waals surface area (Å²) in [5.74, 6) is 1.68. The Kier molecular flexibility index (Phi) is 4.40. The average molecular weight is 343 g/mol. The Morgan fingerprint density at radius 1 is 1.15 bits per heavy atom. The SMILES string of the molecule is CN1C(=C/C=C(/C#N)c2nnc3n2CCCCC3)C=Cc2ccccc21. The molecule has 1 aromatic heterocycles. The minimum Gasteiger partial charge on any atom is -0.344 e. The molecule has 0 radical (unpaired) electrons. The Morgan fingerprint density at radius 2 is 2.04 bits per heavy atom. The first-order valence-corrected chi connectivity index (χ1v) is 9.03. The number of rotatable bonds is 2. The third-order valence-electron chi connectivity index (χ3n) is 5.01. The summed E-state index contributed by atoms with van der Waals surface area (Å²) in [7, 11) is 2.04. The number of allylic oxidation sites excluding steroid dienone is 4. The van der Waals surface area contributed by atoms with Gasteiger partial charge in [-0.25, -0.2) is 0 Å². The molecule has 0 aliphatic carbocycles. The van der Waals surface area contributed by atoms with Crippen LogP contribution >= 0.6 is 0 Å². The maximum absolute atomic E-state index is 9.66. The van der Waals surface area contributed by atoms with Crippen LogP contribution in [0.2, 0.25) is 0 Å². The monoisotopic (exact) mass is 343 g/mol. The molecule has 4 rings (SSSR count). The fourth-order valence-electron chi connectivity index (χ4n) is 3.54. The number of anilines is 1. The molecular weight excluding hydrogens is 322 g/mol. The van der Waals surface area contributed by atoms with E-state index in [0.29, 0.717) is 11.4 Å². The third kappa shape index (κ3) is 2.95. The van der Waals surface area contributed by atoms with E-state index < -0.39 is 0 Å². The molecule has 3 heterocycles. The summed E-state index contributed by atoms with van der Waals surface area (Å²) < 4.78 is 2.11. The lowest BCUT2D eigenvalue weighted by Crippen LogP contribution is -2.18. The van der Waals surface area contributed by atoms with Crippen LogP contribution in [0.25, 0.3) is 11.6 Å². The molecule has 0 atom stereocenters. The molecule has 1 aromatic carbocycles. The number of benzene rings is 1. The van der Waals surface area contributed by atoms with Gasteiger partial charge in [0.15, 0.2) is 5.82 Å². The van der Waals surface area contributed by atoms with Crippen LogP contribution in [0.1, 0.15) is 36.5 Å². The van der Waals surface area contributed by atoms with Crippen LogP contribution in [-0.2, 0) is 13.0 Å². The van der Waals surface area contributed by atoms with Crippen LogP contribution in [0.5, 0.6) is 0 Å². The summed E-state index contributed by atoms with van der Waals surface area (Å²) in [6.07, 6.45) is 12.4. The molecule has 26 heavy (non-hydrogen) atoms. The first-order valence-electron chi connectivity index (χ1n) is 9.03. The molecule has 0 fully saturated rings. The minimum absolute atomic E-state index is 0.554. The van der Waals surface area contributed by atoms with Crippen LogP contribution in [-0.4, -0.2) is 21.8 Å². The highest BCUT2D eigenvalue weighted by Gasteiger charge is 2.18. The van der Waals surface area contributed by atoms with Gasteiger partial charge in [-0.15, -0.1) is 10.2 Å².